The first-order chi connectivity index (χ1) is 12.2. The number of aromatic nitrogens is 4. The number of rotatable bonds is 2. The fraction of sp³-hybridized carbons (Fsp3) is 0.412. The highest BCUT2D eigenvalue weighted by atomic mass is 16.3. The number of carbonyl (C=O) groups excluding carboxylic acids is 1. The molecule has 3 aromatic rings. The molecule has 2 fully saturated rings. The number of nitrogens with zero attached hydrogens (tertiary/aromatic N) is 5. The number of hydrogen-bond acceptors (Lipinski definition) is 6. The van der Waals surface area contributed by atoms with Gasteiger partial charge in [0, 0.05) is 37.8 Å². The minimum absolute atomic E-state index is 0.0832. The maximum absolute atomic E-state index is 12.7. The van der Waals surface area contributed by atoms with Gasteiger partial charge in [0.2, 0.25) is 5.76 Å². The molecule has 3 aromatic heterocycles. The van der Waals surface area contributed by atoms with Crippen molar-refractivity contribution in [2.24, 2.45) is 5.41 Å². The summed E-state index contributed by atoms with van der Waals surface area (Å²) in [7, 11) is 0. The first-order valence-corrected chi connectivity index (χ1v) is 8.45. The first kappa shape index (κ1) is 14.4. The summed E-state index contributed by atoms with van der Waals surface area (Å²) in [6, 6.07) is 2.01. The minimum Gasteiger partial charge on any atom is -0.438 e. The van der Waals surface area contributed by atoms with E-state index in [1.165, 1.54) is 12.6 Å². The van der Waals surface area contributed by atoms with Crippen LogP contribution in [0.3, 0.4) is 0 Å². The minimum atomic E-state index is -0.0832. The van der Waals surface area contributed by atoms with E-state index in [4.69, 9.17) is 4.42 Å². The van der Waals surface area contributed by atoms with Crippen LogP contribution in [-0.2, 0) is 0 Å². The molecule has 1 saturated heterocycles. The third kappa shape index (κ3) is 2.45. The van der Waals surface area contributed by atoms with Gasteiger partial charge in [-0.2, -0.15) is 0 Å². The fourth-order valence-electron chi connectivity index (χ4n) is 3.69. The van der Waals surface area contributed by atoms with Crippen LogP contribution in [0.25, 0.3) is 11.0 Å². The zero-order valence-electron chi connectivity index (χ0n) is 13.7. The van der Waals surface area contributed by atoms with Crippen LogP contribution in [0.4, 0.5) is 5.82 Å². The fourth-order valence-corrected chi connectivity index (χ4v) is 3.69. The molecule has 2 aliphatic rings. The van der Waals surface area contributed by atoms with E-state index in [9.17, 15) is 4.79 Å². The number of nitrogens with one attached hydrogen (secondary N) is 1. The zero-order chi connectivity index (χ0) is 16.9. The Morgan fingerprint density at radius 1 is 1.24 bits per heavy atom. The number of aromatic amines is 1. The van der Waals surface area contributed by atoms with Crippen molar-refractivity contribution in [3.63, 3.8) is 0 Å². The van der Waals surface area contributed by atoms with Crippen molar-refractivity contribution in [1.82, 2.24) is 24.8 Å². The van der Waals surface area contributed by atoms with Crippen molar-refractivity contribution in [3.8, 4) is 0 Å². The Bertz CT molecular complexity index is 914. The average Bonchev–Trinajstić information content (AvgIpc) is 3.03. The molecule has 4 heterocycles. The second-order valence-electron chi connectivity index (χ2n) is 6.95. The summed E-state index contributed by atoms with van der Waals surface area (Å²) in [5, 5.41) is 1.02. The molecule has 0 aromatic carbocycles. The molecule has 1 aliphatic carbocycles. The van der Waals surface area contributed by atoms with Gasteiger partial charge in [0.05, 0.1) is 11.6 Å². The summed E-state index contributed by atoms with van der Waals surface area (Å²) in [5.74, 6) is 1.16. The number of amides is 1. The monoisotopic (exact) mass is 338 g/mol. The quantitative estimate of drug-likeness (QED) is 0.764. The maximum Gasteiger partial charge on any atom is 0.291 e. The van der Waals surface area contributed by atoms with E-state index in [2.05, 4.69) is 24.8 Å². The van der Waals surface area contributed by atoms with Crippen molar-refractivity contribution in [3.05, 3.63) is 36.9 Å². The van der Waals surface area contributed by atoms with Gasteiger partial charge in [0.1, 0.15) is 17.8 Å². The van der Waals surface area contributed by atoms with Crippen LogP contribution in [0.15, 0.2) is 35.6 Å². The van der Waals surface area contributed by atoms with Crippen LogP contribution < -0.4 is 4.90 Å². The van der Waals surface area contributed by atoms with E-state index in [1.807, 2.05) is 17.2 Å². The topological polar surface area (TPSA) is 91.2 Å². The Balaban J connectivity index is 1.45. The van der Waals surface area contributed by atoms with E-state index in [1.54, 1.807) is 6.33 Å². The van der Waals surface area contributed by atoms with Gasteiger partial charge >= 0.3 is 0 Å². The van der Waals surface area contributed by atoms with E-state index in [0.717, 1.165) is 49.3 Å². The molecule has 0 unspecified atom stereocenters. The van der Waals surface area contributed by atoms with Crippen LogP contribution in [0.1, 0.15) is 23.4 Å². The largest absolute Gasteiger partial charge is 0.438 e. The number of fused-ring (bicyclic) bond motifs is 1. The Kier molecular flexibility index (Phi) is 3.06. The average molecular weight is 338 g/mol. The highest BCUT2D eigenvalue weighted by Gasteiger charge is 2.48. The van der Waals surface area contributed by atoms with Crippen LogP contribution in [0, 0.1) is 5.41 Å². The highest BCUT2D eigenvalue weighted by molar-refractivity contribution is 5.91. The van der Waals surface area contributed by atoms with Gasteiger partial charge in [-0.05, 0) is 18.9 Å². The summed E-state index contributed by atoms with van der Waals surface area (Å²) in [4.78, 5) is 32.7. The zero-order valence-corrected chi connectivity index (χ0v) is 13.7. The van der Waals surface area contributed by atoms with Gasteiger partial charge in [-0.3, -0.25) is 4.79 Å². The molecular weight excluding hydrogens is 320 g/mol. The van der Waals surface area contributed by atoms with Crippen LogP contribution in [-0.4, -0.2) is 56.9 Å². The number of H-pyrrole nitrogens is 1. The molecule has 0 bridgehead atoms. The van der Waals surface area contributed by atoms with Gasteiger partial charge in [-0.25, -0.2) is 15.0 Å². The van der Waals surface area contributed by atoms with Gasteiger partial charge < -0.3 is 19.2 Å². The molecule has 25 heavy (non-hydrogen) atoms. The Labute approximate surface area is 143 Å². The summed E-state index contributed by atoms with van der Waals surface area (Å²) >= 11 is 0. The van der Waals surface area contributed by atoms with Gasteiger partial charge in [0.25, 0.3) is 5.91 Å². The Morgan fingerprint density at radius 3 is 2.96 bits per heavy atom. The van der Waals surface area contributed by atoms with Crippen molar-refractivity contribution < 1.29 is 9.21 Å². The lowest BCUT2D eigenvalue weighted by Gasteiger charge is -2.25. The Morgan fingerprint density at radius 2 is 2.16 bits per heavy atom. The van der Waals surface area contributed by atoms with Crippen molar-refractivity contribution in [2.75, 3.05) is 31.1 Å². The van der Waals surface area contributed by atoms with Crippen molar-refractivity contribution in [1.29, 1.82) is 0 Å². The lowest BCUT2D eigenvalue weighted by Crippen LogP contribution is -2.36. The second-order valence-corrected chi connectivity index (χ2v) is 6.95. The molecule has 1 saturated carbocycles. The molecule has 1 amide bonds. The smallest absolute Gasteiger partial charge is 0.291 e. The predicted octanol–water partition coefficient (Wildman–Crippen LogP) is 1.69. The SMILES string of the molecule is O=C(c1cnco1)N1CCN(c2ncnc3[nH]ccc23)CC2(CC2)C1. The molecule has 1 N–H and O–H groups in total. The third-order valence-corrected chi connectivity index (χ3v) is 5.21. The maximum atomic E-state index is 12.7. The standard InChI is InChI=1S/C17H18N6O2/c24-16(13-7-18-11-25-13)23-6-5-22(8-17(9-23)2-3-17)15-12-1-4-19-14(12)20-10-21-15/h1,4,7,10-11H,2-3,5-6,8-9H2,(H,19,20,21). The molecule has 8 heteroatoms. The van der Waals surface area contributed by atoms with E-state index in [0.29, 0.717) is 12.3 Å². The lowest BCUT2D eigenvalue weighted by atomic mass is 10.1. The number of oxazole rings is 1. The molecule has 0 atom stereocenters. The normalized spacial score (nSPS) is 19.4. The second kappa shape index (κ2) is 5.30. The van der Waals surface area contributed by atoms with Crippen LogP contribution in [0.5, 0.6) is 0 Å². The Hall–Kier alpha value is -2.90. The molecule has 1 spiro atoms. The van der Waals surface area contributed by atoms with Crippen molar-refractivity contribution in [2.45, 2.75) is 12.8 Å². The molecule has 128 valence electrons. The molecule has 1 aliphatic heterocycles. The summed E-state index contributed by atoms with van der Waals surface area (Å²) < 4.78 is 5.20. The predicted molar refractivity (Wildman–Crippen MR) is 90.2 cm³/mol. The summed E-state index contributed by atoms with van der Waals surface area (Å²) in [6.45, 7) is 3.03. The van der Waals surface area contributed by atoms with E-state index in [-0.39, 0.29) is 11.3 Å². The first-order valence-electron chi connectivity index (χ1n) is 8.45. The van der Waals surface area contributed by atoms with Crippen molar-refractivity contribution >= 4 is 22.8 Å². The number of anilines is 1. The molecule has 0 radical (unpaired) electrons. The third-order valence-electron chi connectivity index (χ3n) is 5.21. The van der Waals surface area contributed by atoms with Crippen LogP contribution >= 0.6 is 0 Å². The van der Waals surface area contributed by atoms with Gasteiger partial charge in [-0.1, -0.05) is 0 Å². The number of carbonyl (C=O) groups is 1. The van der Waals surface area contributed by atoms with E-state index >= 15 is 0 Å². The molecule has 5 rings (SSSR count). The highest BCUT2D eigenvalue weighted by Crippen LogP contribution is 2.48. The van der Waals surface area contributed by atoms with Gasteiger partial charge in [-0.15, -0.1) is 0 Å². The molecular formula is C17H18N6O2. The van der Waals surface area contributed by atoms with Crippen LogP contribution in [0.2, 0.25) is 0 Å². The number of hydrogen-bond donors (Lipinski definition) is 1. The van der Waals surface area contributed by atoms with E-state index < -0.39 is 0 Å². The lowest BCUT2D eigenvalue weighted by molar-refractivity contribution is 0.0709. The molecule has 8 nitrogen and oxygen atoms in total. The summed E-state index contributed by atoms with van der Waals surface area (Å²) in [6.07, 6.45) is 8.52. The summed E-state index contributed by atoms with van der Waals surface area (Å²) in [5.41, 5.74) is 0.994. The van der Waals surface area contributed by atoms with Gasteiger partial charge in [0.15, 0.2) is 6.39 Å².